The summed E-state index contributed by atoms with van der Waals surface area (Å²) in [4.78, 5) is 20.0. The minimum Gasteiger partial charge on any atom is -0.394 e. The molecule has 0 radical (unpaired) electrons. The maximum Gasteiger partial charge on any atom is 0.319 e. The highest BCUT2D eigenvalue weighted by atomic mass is 19.1. The summed E-state index contributed by atoms with van der Waals surface area (Å²) in [5.41, 5.74) is 2.07. The van der Waals surface area contributed by atoms with E-state index in [4.69, 9.17) is 0 Å². The van der Waals surface area contributed by atoms with Crippen LogP contribution in [0.5, 0.6) is 0 Å². The first-order chi connectivity index (χ1) is 13.1. The van der Waals surface area contributed by atoms with Crippen molar-refractivity contribution in [3.8, 4) is 0 Å². The molecular formula is C19H20FN5O2. The third-order valence-electron chi connectivity index (χ3n) is 4.14. The third kappa shape index (κ3) is 4.68. The lowest BCUT2D eigenvalue weighted by molar-refractivity contribution is 0.247. The highest BCUT2D eigenvalue weighted by molar-refractivity contribution is 5.89. The first-order valence-electron chi connectivity index (χ1n) is 8.42. The van der Waals surface area contributed by atoms with Crippen LogP contribution in [0.4, 0.5) is 14.9 Å². The second-order valence-corrected chi connectivity index (χ2v) is 5.98. The first-order valence-corrected chi connectivity index (χ1v) is 8.42. The van der Waals surface area contributed by atoms with E-state index in [-0.39, 0.29) is 19.2 Å². The van der Waals surface area contributed by atoms with Crippen molar-refractivity contribution in [2.45, 2.75) is 19.5 Å². The van der Waals surface area contributed by atoms with E-state index in [1.165, 1.54) is 12.1 Å². The Hall–Kier alpha value is -3.26. The Morgan fingerprint density at radius 3 is 2.59 bits per heavy atom. The second kappa shape index (κ2) is 8.41. The molecule has 3 aromatic rings. The quantitative estimate of drug-likeness (QED) is 0.623. The van der Waals surface area contributed by atoms with Crippen LogP contribution in [-0.4, -0.2) is 32.3 Å². The van der Waals surface area contributed by atoms with Crippen molar-refractivity contribution in [3.63, 3.8) is 0 Å². The molecule has 0 saturated carbocycles. The van der Waals surface area contributed by atoms with Gasteiger partial charge in [0.25, 0.3) is 0 Å². The van der Waals surface area contributed by atoms with Gasteiger partial charge in [-0.25, -0.2) is 14.2 Å². The van der Waals surface area contributed by atoms with Crippen LogP contribution >= 0.6 is 0 Å². The van der Waals surface area contributed by atoms with Gasteiger partial charge in [0.05, 0.1) is 31.1 Å². The predicted octanol–water partition coefficient (Wildman–Crippen LogP) is 2.63. The third-order valence-corrected chi connectivity index (χ3v) is 4.14. The molecule has 3 N–H and O–H groups in total. The standard InChI is InChI=1S/C19H20FN5O2/c1-13-21-8-9-25(13)18(12-26)14-2-5-16(6-3-14)24-19(27)23-11-17-7-4-15(20)10-22-17/h2-10,18,26H,11-12H2,1H3,(H2,23,24,27)/t18-/m0/s1. The number of hydrogen-bond donors (Lipinski definition) is 3. The molecule has 0 saturated heterocycles. The molecule has 0 bridgehead atoms. The smallest absolute Gasteiger partial charge is 0.319 e. The van der Waals surface area contributed by atoms with Crippen molar-refractivity contribution in [1.82, 2.24) is 19.9 Å². The van der Waals surface area contributed by atoms with E-state index in [9.17, 15) is 14.3 Å². The monoisotopic (exact) mass is 369 g/mol. The molecule has 0 spiro atoms. The zero-order valence-corrected chi connectivity index (χ0v) is 14.8. The summed E-state index contributed by atoms with van der Waals surface area (Å²) < 4.78 is 14.7. The number of carbonyl (C=O) groups is 1. The van der Waals surface area contributed by atoms with Crippen LogP contribution < -0.4 is 10.6 Å². The number of aryl methyl sites for hydroxylation is 1. The Balaban J connectivity index is 1.59. The highest BCUT2D eigenvalue weighted by Crippen LogP contribution is 2.21. The number of pyridine rings is 1. The van der Waals surface area contributed by atoms with Gasteiger partial charge in [-0.05, 0) is 36.8 Å². The number of anilines is 1. The van der Waals surface area contributed by atoms with Gasteiger partial charge in [-0.2, -0.15) is 0 Å². The highest BCUT2D eigenvalue weighted by Gasteiger charge is 2.14. The minimum atomic E-state index is -0.421. The number of carbonyl (C=O) groups excluding carboxylic acids is 1. The molecule has 3 rings (SSSR count). The van der Waals surface area contributed by atoms with Gasteiger partial charge in [-0.1, -0.05) is 12.1 Å². The fourth-order valence-electron chi connectivity index (χ4n) is 2.72. The van der Waals surface area contributed by atoms with E-state index in [0.717, 1.165) is 17.6 Å². The van der Waals surface area contributed by atoms with Crippen molar-refractivity contribution in [1.29, 1.82) is 0 Å². The van der Waals surface area contributed by atoms with Crippen LogP contribution in [0.2, 0.25) is 0 Å². The molecule has 1 atom stereocenters. The Kier molecular flexibility index (Phi) is 5.77. The summed E-state index contributed by atoms with van der Waals surface area (Å²) in [5, 5.41) is 15.1. The summed E-state index contributed by atoms with van der Waals surface area (Å²) in [6.45, 7) is 2.00. The molecule has 1 aromatic carbocycles. The number of imidazole rings is 1. The molecule has 2 amide bonds. The number of rotatable bonds is 6. The van der Waals surface area contributed by atoms with Crippen LogP contribution in [0, 0.1) is 12.7 Å². The summed E-state index contributed by atoms with van der Waals surface area (Å²) in [5.74, 6) is 0.389. The van der Waals surface area contributed by atoms with E-state index in [2.05, 4.69) is 20.6 Å². The topological polar surface area (TPSA) is 92.1 Å². The van der Waals surface area contributed by atoms with Crippen LogP contribution in [0.3, 0.4) is 0 Å². The molecule has 0 unspecified atom stereocenters. The fraction of sp³-hybridized carbons (Fsp3) is 0.211. The largest absolute Gasteiger partial charge is 0.394 e. The number of nitrogens with zero attached hydrogens (tertiary/aromatic N) is 3. The number of amides is 2. The number of aliphatic hydroxyl groups excluding tert-OH is 1. The van der Waals surface area contributed by atoms with Crippen molar-refractivity contribution in [2.24, 2.45) is 0 Å². The lowest BCUT2D eigenvalue weighted by atomic mass is 10.1. The zero-order chi connectivity index (χ0) is 19.2. The van der Waals surface area contributed by atoms with Crippen molar-refractivity contribution in [3.05, 3.63) is 77.9 Å². The zero-order valence-electron chi connectivity index (χ0n) is 14.8. The van der Waals surface area contributed by atoms with E-state index in [0.29, 0.717) is 11.4 Å². The average molecular weight is 369 g/mol. The van der Waals surface area contributed by atoms with E-state index in [1.54, 1.807) is 18.3 Å². The van der Waals surface area contributed by atoms with Crippen LogP contribution in [-0.2, 0) is 6.54 Å². The number of hydrogen-bond acceptors (Lipinski definition) is 4. The maximum atomic E-state index is 12.8. The van der Waals surface area contributed by atoms with Crippen LogP contribution in [0.1, 0.15) is 23.1 Å². The van der Waals surface area contributed by atoms with Crippen LogP contribution in [0.25, 0.3) is 0 Å². The average Bonchev–Trinajstić information content (AvgIpc) is 3.09. The molecule has 7 nitrogen and oxygen atoms in total. The Morgan fingerprint density at radius 2 is 2.00 bits per heavy atom. The molecule has 0 aliphatic heterocycles. The van der Waals surface area contributed by atoms with Crippen molar-refractivity contribution in [2.75, 3.05) is 11.9 Å². The van der Waals surface area contributed by atoms with Gasteiger partial charge in [-0.15, -0.1) is 0 Å². The van der Waals surface area contributed by atoms with Gasteiger partial charge < -0.3 is 20.3 Å². The molecule has 27 heavy (non-hydrogen) atoms. The molecule has 140 valence electrons. The van der Waals surface area contributed by atoms with E-state index < -0.39 is 11.8 Å². The summed E-state index contributed by atoms with van der Waals surface area (Å²) in [7, 11) is 0. The van der Waals surface area contributed by atoms with Gasteiger partial charge >= 0.3 is 6.03 Å². The SMILES string of the molecule is Cc1nccn1[C@@H](CO)c1ccc(NC(=O)NCc2ccc(F)cn2)cc1. The predicted molar refractivity (Wildman–Crippen MR) is 98.7 cm³/mol. The molecule has 0 fully saturated rings. The number of aliphatic hydroxyl groups is 1. The maximum absolute atomic E-state index is 12.8. The first kappa shape index (κ1) is 18.5. The van der Waals surface area contributed by atoms with Crippen LogP contribution in [0.15, 0.2) is 55.0 Å². The van der Waals surface area contributed by atoms with Gasteiger partial charge in [0.2, 0.25) is 0 Å². The molecule has 0 aliphatic rings. The van der Waals surface area contributed by atoms with E-state index in [1.807, 2.05) is 29.8 Å². The van der Waals surface area contributed by atoms with Gasteiger partial charge in [0.15, 0.2) is 0 Å². The number of halogens is 1. The van der Waals surface area contributed by atoms with Crippen molar-refractivity contribution >= 4 is 11.7 Å². The van der Waals surface area contributed by atoms with Gasteiger partial charge in [0.1, 0.15) is 11.6 Å². The number of nitrogens with one attached hydrogen (secondary N) is 2. The Morgan fingerprint density at radius 1 is 1.22 bits per heavy atom. The number of urea groups is 1. The van der Waals surface area contributed by atoms with Gasteiger partial charge in [-0.3, -0.25) is 4.98 Å². The normalized spacial score (nSPS) is 11.8. The Labute approximate surface area is 155 Å². The van der Waals surface area contributed by atoms with Crippen molar-refractivity contribution < 1.29 is 14.3 Å². The number of aromatic nitrogens is 3. The molecule has 8 heteroatoms. The minimum absolute atomic E-state index is 0.0604. The molecule has 2 aromatic heterocycles. The molecular weight excluding hydrogens is 349 g/mol. The lowest BCUT2D eigenvalue weighted by Crippen LogP contribution is -2.28. The second-order valence-electron chi connectivity index (χ2n) is 5.98. The summed E-state index contributed by atoms with van der Waals surface area (Å²) in [6, 6.07) is 9.39. The molecule has 2 heterocycles. The lowest BCUT2D eigenvalue weighted by Gasteiger charge is -2.18. The molecule has 0 aliphatic carbocycles. The summed E-state index contributed by atoms with van der Waals surface area (Å²) in [6.07, 6.45) is 4.61. The van der Waals surface area contributed by atoms with Gasteiger partial charge in [0, 0.05) is 18.1 Å². The number of benzene rings is 1. The van der Waals surface area contributed by atoms with E-state index >= 15 is 0 Å². The fourth-order valence-corrected chi connectivity index (χ4v) is 2.72. The Bertz CT molecular complexity index is 893. The summed E-state index contributed by atoms with van der Waals surface area (Å²) >= 11 is 0.